The lowest BCUT2D eigenvalue weighted by Crippen LogP contribution is -2.32. The largest absolute Gasteiger partial charge is 0.361 e. The fraction of sp³-hybridized carbons (Fsp3) is 0.148. The van der Waals surface area contributed by atoms with Gasteiger partial charge in [-0.05, 0) is 53.9 Å². The van der Waals surface area contributed by atoms with E-state index in [1.54, 1.807) is 42.5 Å². The van der Waals surface area contributed by atoms with Gasteiger partial charge in [0.25, 0.3) is 0 Å². The van der Waals surface area contributed by atoms with Crippen molar-refractivity contribution in [2.45, 2.75) is 18.9 Å². The number of pyridine rings is 1. The van der Waals surface area contributed by atoms with Crippen LogP contribution >= 0.6 is 0 Å². The first-order chi connectivity index (χ1) is 17.4. The number of carbonyl (C=O) groups is 1. The number of aromatic amines is 1. The Balaban J connectivity index is 1.49. The molecule has 182 valence electrons. The van der Waals surface area contributed by atoms with Crippen molar-refractivity contribution in [3.05, 3.63) is 108 Å². The van der Waals surface area contributed by atoms with E-state index in [0.717, 1.165) is 22.7 Å². The smallest absolute Gasteiger partial charge is 0.225 e. The maximum atomic E-state index is 13.9. The standard InChI is InChI=1S/C27H22F3N5O/c1-35-15-18(14-33-35)22-3-2-6-31-27(22)25(9-16-7-20(29)11-21(30)8-16)34-26(36)10-17-13-32-24-5-4-19(28)12-23(17)24/h2-8,11-15,25,32H,9-10H2,1H3,(H,34,36). The summed E-state index contributed by atoms with van der Waals surface area (Å²) in [4.78, 5) is 20.7. The minimum absolute atomic E-state index is 0.0213. The quantitative estimate of drug-likeness (QED) is 0.337. The van der Waals surface area contributed by atoms with E-state index in [4.69, 9.17) is 0 Å². The first-order valence-corrected chi connectivity index (χ1v) is 11.3. The van der Waals surface area contributed by atoms with Gasteiger partial charge in [0, 0.05) is 53.7 Å². The number of halogens is 3. The van der Waals surface area contributed by atoms with Crippen molar-refractivity contribution in [2.24, 2.45) is 7.05 Å². The lowest BCUT2D eigenvalue weighted by molar-refractivity contribution is -0.121. The summed E-state index contributed by atoms with van der Waals surface area (Å²) in [5, 5.41) is 7.80. The third kappa shape index (κ3) is 5.00. The van der Waals surface area contributed by atoms with E-state index in [1.807, 2.05) is 12.3 Å². The Kier molecular flexibility index (Phi) is 6.28. The van der Waals surface area contributed by atoms with E-state index in [1.165, 1.54) is 24.3 Å². The van der Waals surface area contributed by atoms with E-state index in [0.29, 0.717) is 22.2 Å². The molecule has 0 spiro atoms. The molecule has 1 unspecified atom stereocenters. The molecule has 2 aromatic carbocycles. The summed E-state index contributed by atoms with van der Waals surface area (Å²) in [7, 11) is 1.79. The number of nitrogens with one attached hydrogen (secondary N) is 2. The van der Waals surface area contributed by atoms with Gasteiger partial charge >= 0.3 is 0 Å². The number of rotatable bonds is 7. The predicted molar refractivity (Wildman–Crippen MR) is 129 cm³/mol. The van der Waals surface area contributed by atoms with Gasteiger partial charge in [0.15, 0.2) is 0 Å². The first kappa shape index (κ1) is 23.3. The number of aryl methyl sites for hydroxylation is 1. The third-order valence-corrected chi connectivity index (χ3v) is 5.96. The molecule has 0 aliphatic heterocycles. The summed E-state index contributed by atoms with van der Waals surface area (Å²) in [6.45, 7) is 0. The molecule has 1 amide bonds. The van der Waals surface area contributed by atoms with Crippen LogP contribution in [0.15, 0.2) is 73.3 Å². The van der Waals surface area contributed by atoms with Crippen molar-refractivity contribution < 1.29 is 18.0 Å². The summed E-state index contributed by atoms with van der Waals surface area (Å²) in [6.07, 6.45) is 6.86. The highest BCUT2D eigenvalue weighted by Gasteiger charge is 2.22. The Morgan fingerprint density at radius 3 is 2.64 bits per heavy atom. The molecule has 1 atom stereocenters. The number of H-pyrrole nitrogens is 1. The molecular formula is C27H22F3N5O. The van der Waals surface area contributed by atoms with Crippen LogP contribution in [0, 0.1) is 17.5 Å². The van der Waals surface area contributed by atoms with Crippen molar-refractivity contribution in [3.63, 3.8) is 0 Å². The monoisotopic (exact) mass is 489 g/mol. The number of fused-ring (bicyclic) bond motifs is 1. The Bertz CT molecular complexity index is 1540. The van der Waals surface area contributed by atoms with Gasteiger partial charge in [0.2, 0.25) is 5.91 Å². The molecule has 2 N–H and O–H groups in total. The van der Waals surface area contributed by atoms with E-state index in [2.05, 4.69) is 20.4 Å². The molecule has 0 aliphatic rings. The Hall–Kier alpha value is -4.40. The van der Waals surface area contributed by atoms with Crippen LogP contribution in [-0.4, -0.2) is 25.7 Å². The minimum Gasteiger partial charge on any atom is -0.361 e. The molecule has 3 aromatic heterocycles. The molecule has 0 fully saturated rings. The molecule has 3 heterocycles. The van der Waals surface area contributed by atoms with Crippen LogP contribution in [0.25, 0.3) is 22.0 Å². The summed E-state index contributed by atoms with van der Waals surface area (Å²) >= 11 is 0. The number of hydrogen-bond donors (Lipinski definition) is 2. The van der Waals surface area contributed by atoms with Gasteiger partial charge in [0.1, 0.15) is 17.5 Å². The fourth-order valence-electron chi connectivity index (χ4n) is 4.40. The molecule has 9 heteroatoms. The van der Waals surface area contributed by atoms with Gasteiger partial charge in [-0.3, -0.25) is 14.5 Å². The van der Waals surface area contributed by atoms with Crippen LogP contribution in [0.1, 0.15) is 22.9 Å². The number of hydrogen-bond acceptors (Lipinski definition) is 3. The highest BCUT2D eigenvalue weighted by atomic mass is 19.1. The molecule has 5 aromatic rings. The zero-order valence-electron chi connectivity index (χ0n) is 19.3. The molecule has 0 saturated heterocycles. The molecular weight excluding hydrogens is 467 g/mol. The van der Waals surface area contributed by atoms with Crippen LogP contribution in [0.3, 0.4) is 0 Å². The van der Waals surface area contributed by atoms with Gasteiger partial charge in [-0.15, -0.1) is 0 Å². The van der Waals surface area contributed by atoms with Crippen LogP contribution < -0.4 is 5.32 Å². The van der Waals surface area contributed by atoms with E-state index in [9.17, 15) is 18.0 Å². The fourth-order valence-corrected chi connectivity index (χ4v) is 4.40. The summed E-state index contributed by atoms with van der Waals surface area (Å²) < 4.78 is 43.3. The normalized spacial score (nSPS) is 12.1. The second-order valence-electron chi connectivity index (χ2n) is 8.62. The lowest BCUT2D eigenvalue weighted by atomic mass is 9.96. The van der Waals surface area contributed by atoms with Gasteiger partial charge in [0.05, 0.1) is 24.4 Å². The van der Waals surface area contributed by atoms with E-state index >= 15 is 0 Å². The van der Waals surface area contributed by atoms with Gasteiger partial charge in [-0.1, -0.05) is 6.07 Å². The van der Waals surface area contributed by atoms with Gasteiger partial charge < -0.3 is 10.3 Å². The average molecular weight is 490 g/mol. The van der Waals surface area contributed by atoms with Crippen molar-refractivity contribution in [1.29, 1.82) is 0 Å². The maximum Gasteiger partial charge on any atom is 0.225 e. The van der Waals surface area contributed by atoms with E-state index < -0.39 is 23.5 Å². The van der Waals surface area contributed by atoms with Crippen molar-refractivity contribution in [2.75, 3.05) is 0 Å². The topological polar surface area (TPSA) is 75.6 Å². The molecule has 36 heavy (non-hydrogen) atoms. The molecule has 5 rings (SSSR count). The zero-order valence-corrected chi connectivity index (χ0v) is 19.3. The van der Waals surface area contributed by atoms with E-state index in [-0.39, 0.29) is 18.7 Å². The van der Waals surface area contributed by atoms with Crippen LogP contribution in [0.4, 0.5) is 13.2 Å². The molecule has 6 nitrogen and oxygen atoms in total. The van der Waals surface area contributed by atoms with Crippen molar-refractivity contribution in [1.82, 2.24) is 25.1 Å². The second kappa shape index (κ2) is 9.69. The number of aromatic nitrogens is 4. The summed E-state index contributed by atoms with van der Waals surface area (Å²) in [6, 6.07) is 10.5. The van der Waals surface area contributed by atoms with Crippen LogP contribution in [0.2, 0.25) is 0 Å². The molecule has 0 radical (unpaired) electrons. The van der Waals surface area contributed by atoms with Crippen molar-refractivity contribution >= 4 is 16.8 Å². The SMILES string of the molecule is Cn1cc(-c2cccnc2C(Cc2cc(F)cc(F)c2)NC(=O)Cc2c[nH]c3ccc(F)cc23)cn1. The summed E-state index contributed by atoms with van der Waals surface area (Å²) in [5.74, 6) is -2.15. The first-order valence-electron chi connectivity index (χ1n) is 11.3. The Morgan fingerprint density at radius 2 is 1.89 bits per heavy atom. The highest BCUT2D eigenvalue weighted by molar-refractivity contribution is 5.89. The number of benzene rings is 2. The zero-order chi connectivity index (χ0) is 25.2. The number of carbonyl (C=O) groups excluding carboxylic acids is 1. The molecule has 0 bridgehead atoms. The summed E-state index contributed by atoms with van der Waals surface area (Å²) in [5.41, 5.74) is 3.78. The lowest BCUT2D eigenvalue weighted by Gasteiger charge is -2.21. The van der Waals surface area contributed by atoms with Crippen LogP contribution in [0.5, 0.6) is 0 Å². The second-order valence-corrected chi connectivity index (χ2v) is 8.62. The minimum atomic E-state index is -0.704. The van der Waals surface area contributed by atoms with Gasteiger partial charge in [-0.2, -0.15) is 5.10 Å². The van der Waals surface area contributed by atoms with Crippen molar-refractivity contribution in [3.8, 4) is 11.1 Å². The highest BCUT2D eigenvalue weighted by Crippen LogP contribution is 2.29. The maximum absolute atomic E-state index is 13.9. The average Bonchev–Trinajstić information content (AvgIpc) is 3.44. The molecule has 0 saturated carbocycles. The molecule has 0 aliphatic carbocycles. The van der Waals surface area contributed by atoms with Gasteiger partial charge in [-0.25, -0.2) is 13.2 Å². The Morgan fingerprint density at radius 1 is 1.08 bits per heavy atom. The predicted octanol–water partition coefficient (Wildman–Crippen LogP) is 5.02. The third-order valence-electron chi connectivity index (χ3n) is 5.96. The van der Waals surface area contributed by atoms with Crippen LogP contribution in [-0.2, 0) is 24.7 Å². The number of amides is 1. The Labute approximate surface area is 204 Å². The number of nitrogens with zero attached hydrogens (tertiary/aromatic N) is 3.